The molecule has 0 heterocycles. The lowest BCUT2D eigenvalue weighted by molar-refractivity contribution is -0.128. The fraction of sp³-hybridized carbons (Fsp3) is 0.703. The van der Waals surface area contributed by atoms with Gasteiger partial charge >= 0.3 is 6.09 Å². The molecule has 5 amide bonds. The number of rotatable bonds is 14. The summed E-state index contributed by atoms with van der Waals surface area (Å²) in [6.45, 7) is 24.2. The van der Waals surface area contributed by atoms with Crippen LogP contribution in [0.4, 0.5) is 10.5 Å². The number of carbonyl (C=O) groups excluding carboxylic acids is 5. The van der Waals surface area contributed by atoms with Crippen LogP contribution in [0.25, 0.3) is 0 Å². The molecule has 9 N–H and O–H groups in total. The van der Waals surface area contributed by atoms with Crippen molar-refractivity contribution in [2.75, 3.05) is 39.5 Å². The van der Waals surface area contributed by atoms with E-state index in [4.69, 9.17) is 21.0 Å². The van der Waals surface area contributed by atoms with Crippen LogP contribution in [0.2, 0.25) is 0 Å². The molecule has 296 valence electrons. The lowest BCUT2D eigenvalue weighted by Crippen LogP contribution is -2.50. The molecule has 1 aromatic rings. The van der Waals surface area contributed by atoms with E-state index in [-0.39, 0.29) is 37.3 Å². The highest BCUT2D eigenvalue weighted by molar-refractivity contribution is 5.92. The van der Waals surface area contributed by atoms with Gasteiger partial charge in [0.25, 0.3) is 0 Å². The van der Waals surface area contributed by atoms with Crippen molar-refractivity contribution >= 4 is 35.9 Å². The summed E-state index contributed by atoms with van der Waals surface area (Å²) in [6.07, 6.45) is 3.16. The smallest absolute Gasteiger partial charge is 0.410 e. The summed E-state index contributed by atoms with van der Waals surface area (Å²) in [5.74, 6) is -1.03. The summed E-state index contributed by atoms with van der Waals surface area (Å²) in [7, 11) is 5.17. The van der Waals surface area contributed by atoms with E-state index in [1.807, 2.05) is 55.6 Å². The maximum atomic E-state index is 12.7. The van der Waals surface area contributed by atoms with Gasteiger partial charge < -0.3 is 42.8 Å². The van der Waals surface area contributed by atoms with Crippen LogP contribution in [-0.4, -0.2) is 75.4 Å². The molecule has 0 radical (unpaired) electrons. The van der Waals surface area contributed by atoms with Gasteiger partial charge in [-0.3, -0.25) is 19.2 Å². The Balaban J connectivity index is -0.000000278. The first-order valence-corrected chi connectivity index (χ1v) is 18.0. The molecular formula is C37H77N7O6. The number of hydrogen-bond donors (Lipinski definition) is 6. The average Bonchev–Trinajstić information content (AvgIpc) is 3.08. The van der Waals surface area contributed by atoms with Crippen LogP contribution in [0.15, 0.2) is 24.3 Å². The molecular weight excluding hydrogens is 638 g/mol. The van der Waals surface area contributed by atoms with E-state index in [1.54, 1.807) is 38.1 Å². The molecule has 1 aromatic carbocycles. The number of nitrogens with two attached hydrogens (primary N) is 3. The Labute approximate surface area is 305 Å². The Bertz CT molecular complexity index is 927. The summed E-state index contributed by atoms with van der Waals surface area (Å²) < 4.78 is 5.25. The Morgan fingerprint density at radius 2 is 1.36 bits per heavy atom. The highest BCUT2D eigenvalue weighted by Gasteiger charge is 2.23. The minimum atomic E-state index is -0.813. The van der Waals surface area contributed by atoms with Gasteiger partial charge in [0, 0.05) is 18.7 Å². The predicted molar refractivity (Wildman–Crippen MR) is 210 cm³/mol. The number of primary amides is 2. The van der Waals surface area contributed by atoms with Gasteiger partial charge in [-0.1, -0.05) is 102 Å². The second-order valence-corrected chi connectivity index (χ2v) is 10.9. The fourth-order valence-electron chi connectivity index (χ4n) is 3.54. The van der Waals surface area contributed by atoms with E-state index in [0.29, 0.717) is 18.2 Å². The molecule has 0 bridgehead atoms. The van der Waals surface area contributed by atoms with E-state index in [2.05, 4.69) is 49.4 Å². The van der Waals surface area contributed by atoms with Crippen LogP contribution >= 0.6 is 0 Å². The second-order valence-electron chi connectivity index (χ2n) is 10.9. The van der Waals surface area contributed by atoms with Gasteiger partial charge in [-0.2, -0.15) is 0 Å². The maximum Gasteiger partial charge on any atom is 0.410 e. The van der Waals surface area contributed by atoms with E-state index in [1.165, 1.54) is 13.5 Å². The Morgan fingerprint density at radius 1 is 0.920 bits per heavy atom. The van der Waals surface area contributed by atoms with Crippen molar-refractivity contribution in [3.05, 3.63) is 29.8 Å². The molecule has 13 heteroatoms. The number of carbonyl (C=O) groups is 5. The third-order valence-corrected chi connectivity index (χ3v) is 5.45. The summed E-state index contributed by atoms with van der Waals surface area (Å²) in [4.78, 5) is 58.2. The van der Waals surface area contributed by atoms with Crippen LogP contribution in [0.3, 0.4) is 0 Å². The quantitative estimate of drug-likeness (QED) is 0.132. The minimum Gasteiger partial charge on any atom is -0.445 e. The number of anilines is 1. The molecule has 0 aliphatic rings. The Kier molecular flexibility index (Phi) is 50.7. The van der Waals surface area contributed by atoms with Crippen molar-refractivity contribution in [1.82, 2.24) is 15.5 Å². The topological polar surface area (TPSA) is 212 Å². The largest absolute Gasteiger partial charge is 0.445 e. The van der Waals surface area contributed by atoms with Gasteiger partial charge in [-0.25, -0.2) is 4.79 Å². The number of ether oxygens (including phenoxy) is 1. The first-order chi connectivity index (χ1) is 23.7. The van der Waals surface area contributed by atoms with Gasteiger partial charge in [-0.05, 0) is 69.4 Å². The third-order valence-electron chi connectivity index (χ3n) is 5.45. The van der Waals surface area contributed by atoms with Gasteiger partial charge in [0.2, 0.25) is 24.1 Å². The Morgan fingerprint density at radius 3 is 1.72 bits per heavy atom. The van der Waals surface area contributed by atoms with Crippen molar-refractivity contribution in [3.63, 3.8) is 0 Å². The van der Waals surface area contributed by atoms with E-state index >= 15 is 0 Å². The zero-order chi connectivity index (χ0) is 40.7. The highest BCUT2D eigenvalue weighted by Crippen LogP contribution is 2.20. The van der Waals surface area contributed by atoms with E-state index in [9.17, 15) is 19.2 Å². The van der Waals surface area contributed by atoms with Gasteiger partial charge in [0.15, 0.2) is 0 Å². The number of amides is 5. The summed E-state index contributed by atoms with van der Waals surface area (Å²) in [5.41, 5.74) is 16.4. The summed E-state index contributed by atoms with van der Waals surface area (Å²) in [6, 6.07) is 6.21. The minimum absolute atomic E-state index is 0.00139. The molecule has 0 aliphatic heterocycles. The molecule has 0 aliphatic carbocycles. The molecule has 0 saturated heterocycles. The van der Waals surface area contributed by atoms with Crippen molar-refractivity contribution in [2.24, 2.45) is 35.0 Å². The molecule has 13 nitrogen and oxygen atoms in total. The lowest BCUT2D eigenvalue weighted by atomic mass is 9.92. The molecule has 0 fully saturated rings. The van der Waals surface area contributed by atoms with Gasteiger partial charge in [-0.15, -0.1) is 0 Å². The number of benzene rings is 1. The third kappa shape index (κ3) is 37.1. The number of hydrogen-bond acceptors (Lipinski definition) is 8. The van der Waals surface area contributed by atoms with Gasteiger partial charge in [0.05, 0.1) is 0 Å². The number of nitrogens with zero attached hydrogens (tertiary/aromatic N) is 1. The Hall–Kier alpha value is -3.71. The zero-order valence-electron chi connectivity index (χ0n) is 34.3. The van der Waals surface area contributed by atoms with Crippen molar-refractivity contribution < 1.29 is 28.7 Å². The van der Waals surface area contributed by atoms with Crippen LogP contribution < -0.4 is 33.2 Å². The molecule has 2 atom stereocenters. The van der Waals surface area contributed by atoms with Crippen LogP contribution in [0, 0.1) is 17.8 Å². The molecule has 0 spiro atoms. The zero-order valence-corrected chi connectivity index (χ0v) is 34.3. The van der Waals surface area contributed by atoms with E-state index in [0.717, 1.165) is 29.7 Å². The van der Waals surface area contributed by atoms with Crippen LogP contribution in [-0.2, 0) is 30.5 Å². The number of likely N-dealkylation sites (N-methyl/N-ethyl adjacent to an activating group) is 1. The van der Waals surface area contributed by atoms with Crippen molar-refractivity contribution in [1.29, 1.82) is 0 Å². The standard InChI is InChI=1S/C25H41N5O5.C3H8.C2H7N.3C2H6.CH3NO/c1-16(2)13-19(7-6-12-26)24(33)28-20-10-8-18(9-11-20)15-35-25(34)30(5)14-21(31)29-22(17(3)4)23(27)32;2*1-3-2;3*1-2;2-1-3/h8-11,16-17,19,22H,6-7,12-15,26H2,1-5H3,(H2,27,32)(H,28,33)(H,29,31);3H2,1-2H3;3H,1-2H3;3*1-2H3;1H,(H2,2,3). The first-order valence-electron chi connectivity index (χ1n) is 18.0. The molecule has 50 heavy (non-hydrogen) atoms. The molecule has 2 unspecified atom stereocenters. The van der Waals surface area contributed by atoms with Crippen molar-refractivity contribution in [2.45, 2.75) is 121 Å². The number of nitrogens with one attached hydrogen (secondary N) is 3. The predicted octanol–water partition coefficient (Wildman–Crippen LogP) is 5.65. The van der Waals surface area contributed by atoms with Crippen LogP contribution in [0.5, 0.6) is 0 Å². The second kappa shape index (κ2) is 43.3. The normalized spacial score (nSPS) is 10.2. The van der Waals surface area contributed by atoms with Gasteiger partial charge in [0.1, 0.15) is 19.2 Å². The molecule has 0 aromatic heterocycles. The molecule has 0 saturated carbocycles. The monoisotopic (exact) mass is 716 g/mol. The fourth-order valence-corrected chi connectivity index (χ4v) is 3.54. The SMILES string of the molecule is CC.CC.CC.CC(C)CC(CCCN)C(=O)Nc1ccc(COC(=O)N(C)CC(=O)NC(C(N)=O)C(C)C)cc1.CCC.CNC.NC=O. The summed E-state index contributed by atoms with van der Waals surface area (Å²) in [5, 5.41) is 8.22. The van der Waals surface area contributed by atoms with Crippen LogP contribution in [0.1, 0.15) is 114 Å². The average molecular weight is 716 g/mol. The first kappa shape index (κ1) is 58.5. The van der Waals surface area contributed by atoms with Crippen molar-refractivity contribution in [3.8, 4) is 0 Å². The lowest BCUT2D eigenvalue weighted by Gasteiger charge is -2.21. The highest BCUT2D eigenvalue weighted by atomic mass is 16.6. The maximum absolute atomic E-state index is 12.7. The van der Waals surface area contributed by atoms with E-state index < -0.39 is 23.9 Å². The molecule has 1 rings (SSSR count). The summed E-state index contributed by atoms with van der Waals surface area (Å²) >= 11 is 0.